The second kappa shape index (κ2) is 6.11. The van der Waals surface area contributed by atoms with Gasteiger partial charge in [0.25, 0.3) is 0 Å². The van der Waals surface area contributed by atoms with E-state index in [0.717, 1.165) is 12.8 Å². The summed E-state index contributed by atoms with van der Waals surface area (Å²) in [6, 6.07) is -0.469. The van der Waals surface area contributed by atoms with Gasteiger partial charge < -0.3 is 10.5 Å². The molecule has 0 fully saturated rings. The standard InChI is InChI=1S/C12H25NO2/c1-9(2)7-6-8-10(13)11(14)15-12(3,4)5/h9-10H,6-8,13H2,1-5H3. The van der Waals surface area contributed by atoms with Crippen LogP contribution in [0.4, 0.5) is 0 Å². The fourth-order valence-corrected chi connectivity index (χ4v) is 1.24. The monoisotopic (exact) mass is 215 g/mol. The van der Waals surface area contributed by atoms with Gasteiger partial charge in [0.15, 0.2) is 0 Å². The van der Waals surface area contributed by atoms with Crippen LogP contribution in [0.5, 0.6) is 0 Å². The van der Waals surface area contributed by atoms with Crippen molar-refractivity contribution in [3.8, 4) is 0 Å². The second-order valence-corrected chi connectivity index (χ2v) is 5.46. The van der Waals surface area contributed by atoms with Gasteiger partial charge in [0.05, 0.1) is 0 Å². The third-order valence-electron chi connectivity index (χ3n) is 2.01. The zero-order valence-corrected chi connectivity index (χ0v) is 10.7. The first-order valence-corrected chi connectivity index (χ1v) is 5.71. The van der Waals surface area contributed by atoms with E-state index in [4.69, 9.17) is 10.5 Å². The first kappa shape index (κ1) is 14.4. The van der Waals surface area contributed by atoms with Gasteiger partial charge in [-0.15, -0.1) is 0 Å². The van der Waals surface area contributed by atoms with Crippen molar-refractivity contribution in [1.82, 2.24) is 0 Å². The lowest BCUT2D eigenvalue weighted by Gasteiger charge is -2.22. The number of nitrogens with two attached hydrogens (primary N) is 1. The first-order valence-electron chi connectivity index (χ1n) is 5.71. The van der Waals surface area contributed by atoms with E-state index in [0.29, 0.717) is 12.3 Å². The summed E-state index contributed by atoms with van der Waals surface area (Å²) in [5.41, 5.74) is 5.30. The molecule has 0 heterocycles. The summed E-state index contributed by atoms with van der Waals surface area (Å²) >= 11 is 0. The Balaban J connectivity index is 3.80. The Morgan fingerprint density at radius 3 is 2.20 bits per heavy atom. The van der Waals surface area contributed by atoms with E-state index in [9.17, 15) is 4.79 Å². The quantitative estimate of drug-likeness (QED) is 0.717. The van der Waals surface area contributed by atoms with E-state index in [1.807, 2.05) is 20.8 Å². The molecule has 3 nitrogen and oxygen atoms in total. The number of hydrogen-bond donors (Lipinski definition) is 1. The predicted molar refractivity (Wildman–Crippen MR) is 62.5 cm³/mol. The highest BCUT2D eigenvalue weighted by Gasteiger charge is 2.21. The molecule has 0 saturated carbocycles. The van der Waals surface area contributed by atoms with Crippen LogP contribution in [0.15, 0.2) is 0 Å². The molecule has 15 heavy (non-hydrogen) atoms. The Morgan fingerprint density at radius 1 is 1.27 bits per heavy atom. The molecule has 0 spiro atoms. The molecule has 0 aliphatic rings. The van der Waals surface area contributed by atoms with E-state index in [2.05, 4.69) is 13.8 Å². The molecule has 1 unspecified atom stereocenters. The fourth-order valence-electron chi connectivity index (χ4n) is 1.24. The Labute approximate surface area is 93.4 Å². The number of ether oxygens (including phenoxy) is 1. The van der Waals surface area contributed by atoms with E-state index >= 15 is 0 Å². The van der Waals surface area contributed by atoms with Crippen LogP contribution in [-0.4, -0.2) is 17.6 Å². The minimum Gasteiger partial charge on any atom is -0.459 e. The Kier molecular flexibility index (Phi) is 5.88. The van der Waals surface area contributed by atoms with Gasteiger partial charge >= 0.3 is 5.97 Å². The number of hydrogen-bond acceptors (Lipinski definition) is 3. The summed E-state index contributed by atoms with van der Waals surface area (Å²) in [6.07, 6.45) is 2.81. The molecule has 0 aromatic rings. The van der Waals surface area contributed by atoms with Gasteiger partial charge in [-0.3, -0.25) is 4.79 Å². The lowest BCUT2D eigenvalue weighted by atomic mass is 10.0. The van der Waals surface area contributed by atoms with Crippen LogP contribution >= 0.6 is 0 Å². The molecule has 0 saturated heterocycles. The fraction of sp³-hybridized carbons (Fsp3) is 0.917. The van der Waals surface area contributed by atoms with Crippen LogP contribution in [0.25, 0.3) is 0 Å². The topological polar surface area (TPSA) is 52.3 Å². The predicted octanol–water partition coefficient (Wildman–Crippen LogP) is 2.48. The molecule has 0 radical (unpaired) electrons. The first-order chi connectivity index (χ1) is 6.72. The zero-order chi connectivity index (χ0) is 12.1. The lowest BCUT2D eigenvalue weighted by molar-refractivity contribution is -0.156. The van der Waals surface area contributed by atoms with Crippen LogP contribution in [0.1, 0.15) is 53.9 Å². The van der Waals surface area contributed by atoms with Gasteiger partial charge in [0, 0.05) is 0 Å². The molecule has 0 aromatic carbocycles. The maximum absolute atomic E-state index is 11.5. The summed E-state index contributed by atoms with van der Waals surface area (Å²) in [6.45, 7) is 9.89. The Hall–Kier alpha value is -0.570. The minimum absolute atomic E-state index is 0.286. The molecule has 0 bridgehead atoms. The van der Waals surface area contributed by atoms with Gasteiger partial charge in [-0.25, -0.2) is 0 Å². The molecule has 0 aromatic heterocycles. The molecular weight excluding hydrogens is 190 g/mol. The second-order valence-electron chi connectivity index (χ2n) is 5.46. The summed E-state index contributed by atoms with van der Waals surface area (Å²) in [7, 11) is 0. The number of rotatable bonds is 5. The Bertz CT molecular complexity index is 194. The van der Waals surface area contributed by atoms with Gasteiger partial charge in [-0.05, 0) is 33.1 Å². The maximum atomic E-state index is 11.5. The molecule has 90 valence electrons. The highest BCUT2D eigenvalue weighted by Crippen LogP contribution is 2.12. The SMILES string of the molecule is CC(C)CCCC(N)C(=O)OC(C)(C)C. The van der Waals surface area contributed by atoms with Gasteiger partial charge in [0.2, 0.25) is 0 Å². The number of carbonyl (C=O) groups excluding carboxylic acids is 1. The van der Waals surface area contributed by atoms with Crippen LogP contribution in [0, 0.1) is 5.92 Å². The summed E-state index contributed by atoms with van der Waals surface area (Å²) in [4.78, 5) is 11.5. The van der Waals surface area contributed by atoms with E-state index in [1.165, 1.54) is 0 Å². The minimum atomic E-state index is -0.469. The smallest absolute Gasteiger partial charge is 0.323 e. The van der Waals surface area contributed by atoms with Crippen molar-refractivity contribution in [2.24, 2.45) is 11.7 Å². The molecule has 2 N–H and O–H groups in total. The molecular formula is C12H25NO2. The summed E-state index contributed by atoms with van der Waals surface area (Å²) < 4.78 is 5.19. The normalized spacial score (nSPS) is 14.1. The van der Waals surface area contributed by atoms with Crippen molar-refractivity contribution >= 4 is 5.97 Å². The van der Waals surface area contributed by atoms with Crippen LogP contribution in [0.2, 0.25) is 0 Å². The van der Waals surface area contributed by atoms with Crippen LogP contribution < -0.4 is 5.73 Å². The van der Waals surface area contributed by atoms with E-state index in [1.54, 1.807) is 0 Å². The van der Waals surface area contributed by atoms with E-state index in [-0.39, 0.29) is 5.97 Å². The van der Waals surface area contributed by atoms with Crippen molar-refractivity contribution in [1.29, 1.82) is 0 Å². The average molecular weight is 215 g/mol. The highest BCUT2D eigenvalue weighted by molar-refractivity contribution is 5.75. The van der Waals surface area contributed by atoms with Crippen LogP contribution in [0.3, 0.4) is 0 Å². The molecule has 0 aliphatic carbocycles. The maximum Gasteiger partial charge on any atom is 0.323 e. The van der Waals surface area contributed by atoms with Crippen molar-refractivity contribution in [2.75, 3.05) is 0 Å². The molecule has 0 rings (SSSR count). The lowest BCUT2D eigenvalue weighted by Crippen LogP contribution is -2.37. The summed E-state index contributed by atoms with van der Waals surface area (Å²) in [5, 5.41) is 0. The number of carbonyl (C=O) groups is 1. The third-order valence-corrected chi connectivity index (χ3v) is 2.01. The largest absolute Gasteiger partial charge is 0.459 e. The number of esters is 1. The average Bonchev–Trinajstić information content (AvgIpc) is 1.99. The van der Waals surface area contributed by atoms with Crippen LogP contribution in [-0.2, 0) is 9.53 Å². The van der Waals surface area contributed by atoms with Gasteiger partial charge in [-0.1, -0.05) is 26.7 Å². The zero-order valence-electron chi connectivity index (χ0n) is 10.7. The highest BCUT2D eigenvalue weighted by atomic mass is 16.6. The van der Waals surface area contributed by atoms with Crippen molar-refractivity contribution < 1.29 is 9.53 Å². The van der Waals surface area contributed by atoms with Gasteiger partial charge in [-0.2, -0.15) is 0 Å². The molecule has 0 aliphatic heterocycles. The molecule has 0 amide bonds. The summed E-state index contributed by atoms with van der Waals surface area (Å²) in [5.74, 6) is 0.377. The van der Waals surface area contributed by atoms with Gasteiger partial charge in [0.1, 0.15) is 11.6 Å². The third kappa shape index (κ3) is 8.43. The van der Waals surface area contributed by atoms with E-state index < -0.39 is 11.6 Å². The van der Waals surface area contributed by atoms with Crippen molar-refractivity contribution in [3.05, 3.63) is 0 Å². The Morgan fingerprint density at radius 2 is 1.80 bits per heavy atom. The molecule has 3 heteroatoms. The van der Waals surface area contributed by atoms with Crippen molar-refractivity contribution in [3.63, 3.8) is 0 Å². The molecule has 1 atom stereocenters. The van der Waals surface area contributed by atoms with Crippen molar-refractivity contribution in [2.45, 2.75) is 65.5 Å².